The molecule has 1 saturated carbocycles. The van der Waals surface area contributed by atoms with Crippen molar-refractivity contribution in [1.29, 1.82) is 0 Å². The third-order valence-electron chi connectivity index (χ3n) is 2.61. The Morgan fingerprint density at radius 3 is 2.31 bits per heavy atom. The van der Waals surface area contributed by atoms with Gasteiger partial charge in [0, 0.05) is 6.04 Å². The summed E-state index contributed by atoms with van der Waals surface area (Å²) < 4.78 is 0. The first kappa shape index (κ1) is 11.0. The molecule has 0 bridgehead atoms. The molecule has 0 heterocycles. The quantitative estimate of drug-likeness (QED) is 0.623. The van der Waals surface area contributed by atoms with Gasteiger partial charge in [-0.15, -0.1) is 0 Å². The summed E-state index contributed by atoms with van der Waals surface area (Å²) in [5.74, 6) is 0. The van der Waals surface area contributed by atoms with Crippen molar-refractivity contribution in [3.8, 4) is 0 Å². The van der Waals surface area contributed by atoms with Crippen molar-refractivity contribution in [2.75, 3.05) is 6.54 Å². The van der Waals surface area contributed by atoms with Crippen LogP contribution >= 0.6 is 0 Å². The summed E-state index contributed by atoms with van der Waals surface area (Å²) in [5.41, 5.74) is 0.532. The summed E-state index contributed by atoms with van der Waals surface area (Å²) in [5, 5.41) is 3.55. The van der Waals surface area contributed by atoms with Gasteiger partial charge >= 0.3 is 0 Å². The maximum absolute atomic E-state index is 3.55. The molecule has 1 heteroatoms. The van der Waals surface area contributed by atoms with Crippen LogP contribution in [0.2, 0.25) is 0 Å². The second-order valence-corrected chi connectivity index (χ2v) is 5.60. The number of nitrogens with one attached hydrogen (secondary N) is 1. The zero-order chi connectivity index (χ0) is 9.73. The Hall–Kier alpha value is -0.0400. The molecule has 0 aromatic carbocycles. The van der Waals surface area contributed by atoms with E-state index in [0.717, 1.165) is 6.04 Å². The minimum atomic E-state index is 0.532. The van der Waals surface area contributed by atoms with Crippen molar-refractivity contribution in [2.24, 2.45) is 5.41 Å². The van der Waals surface area contributed by atoms with E-state index in [1.807, 2.05) is 0 Å². The Morgan fingerprint density at radius 1 is 1.08 bits per heavy atom. The van der Waals surface area contributed by atoms with E-state index < -0.39 is 0 Å². The Balaban J connectivity index is 1.78. The lowest BCUT2D eigenvalue weighted by Crippen LogP contribution is -2.17. The first-order chi connectivity index (χ1) is 6.08. The molecule has 78 valence electrons. The monoisotopic (exact) mass is 183 g/mol. The zero-order valence-corrected chi connectivity index (χ0v) is 9.53. The van der Waals surface area contributed by atoms with Crippen LogP contribution in [0.4, 0.5) is 0 Å². The molecule has 0 spiro atoms. The van der Waals surface area contributed by atoms with Crippen LogP contribution in [0.3, 0.4) is 0 Å². The molecular weight excluding hydrogens is 158 g/mol. The predicted octanol–water partition coefficient (Wildman–Crippen LogP) is 3.34. The number of hydrogen-bond donors (Lipinski definition) is 1. The molecule has 1 nitrogen and oxygen atoms in total. The van der Waals surface area contributed by atoms with Crippen LogP contribution < -0.4 is 5.32 Å². The molecule has 0 amide bonds. The Labute approximate surface area is 83.3 Å². The van der Waals surface area contributed by atoms with Gasteiger partial charge in [-0.2, -0.15) is 0 Å². The van der Waals surface area contributed by atoms with Gasteiger partial charge in [-0.1, -0.05) is 33.6 Å². The van der Waals surface area contributed by atoms with Crippen LogP contribution in [0.15, 0.2) is 0 Å². The molecule has 1 aliphatic rings. The van der Waals surface area contributed by atoms with E-state index in [4.69, 9.17) is 0 Å². The van der Waals surface area contributed by atoms with Gasteiger partial charge in [-0.3, -0.25) is 0 Å². The topological polar surface area (TPSA) is 12.0 Å². The lowest BCUT2D eigenvalue weighted by molar-refractivity contribution is 0.357. The predicted molar refractivity (Wildman–Crippen MR) is 58.9 cm³/mol. The molecule has 1 fully saturated rings. The molecule has 0 aromatic heterocycles. The maximum atomic E-state index is 3.55. The van der Waals surface area contributed by atoms with E-state index in [2.05, 4.69) is 26.1 Å². The van der Waals surface area contributed by atoms with Crippen molar-refractivity contribution in [3.05, 3.63) is 0 Å². The van der Waals surface area contributed by atoms with Gasteiger partial charge in [-0.25, -0.2) is 0 Å². The summed E-state index contributed by atoms with van der Waals surface area (Å²) in [6, 6.07) is 0.891. The van der Waals surface area contributed by atoms with E-state index in [1.54, 1.807) is 0 Å². The highest BCUT2D eigenvalue weighted by atomic mass is 14.9. The number of rotatable bonds is 6. The largest absolute Gasteiger partial charge is 0.314 e. The fraction of sp³-hybridized carbons (Fsp3) is 1.00. The highest BCUT2D eigenvalue weighted by Gasteiger charge is 2.19. The average Bonchev–Trinajstić information content (AvgIpc) is 2.77. The Bertz CT molecular complexity index is 131. The van der Waals surface area contributed by atoms with Crippen molar-refractivity contribution < 1.29 is 0 Å². The Morgan fingerprint density at radius 2 is 1.77 bits per heavy atom. The first-order valence-electron chi connectivity index (χ1n) is 5.81. The van der Waals surface area contributed by atoms with Gasteiger partial charge in [0.25, 0.3) is 0 Å². The minimum Gasteiger partial charge on any atom is -0.314 e. The third-order valence-corrected chi connectivity index (χ3v) is 2.61. The van der Waals surface area contributed by atoms with Gasteiger partial charge in [0.2, 0.25) is 0 Å². The van der Waals surface area contributed by atoms with Crippen molar-refractivity contribution in [2.45, 2.75) is 65.3 Å². The fourth-order valence-corrected chi connectivity index (χ4v) is 1.55. The number of hydrogen-bond acceptors (Lipinski definition) is 1. The molecule has 0 unspecified atom stereocenters. The van der Waals surface area contributed by atoms with Crippen LogP contribution in [0.1, 0.15) is 59.3 Å². The molecular formula is C12H25N. The molecule has 0 saturated heterocycles. The summed E-state index contributed by atoms with van der Waals surface area (Å²) >= 11 is 0. The lowest BCUT2D eigenvalue weighted by atomic mass is 9.89. The zero-order valence-electron chi connectivity index (χ0n) is 9.53. The summed E-state index contributed by atoms with van der Waals surface area (Å²) in [4.78, 5) is 0. The third kappa shape index (κ3) is 7.06. The van der Waals surface area contributed by atoms with E-state index >= 15 is 0 Å². The highest BCUT2D eigenvalue weighted by Crippen LogP contribution is 2.22. The van der Waals surface area contributed by atoms with Gasteiger partial charge in [0.05, 0.1) is 0 Å². The molecule has 1 aliphatic carbocycles. The van der Waals surface area contributed by atoms with Crippen molar-refractivity contribution >= 4 is 0 Å². The first-order valence-corrected chi connectivity index (χ1v) is 5.81. The molecule has 13 heavy (non-hydrogen) atoms. The molecule has 0 aliphatic heterocycles. The molecule has 0 radical (unpaired) electrons. The molecule has 0 aromatic rings. The fourth-order valence-electron chi connectivity index (χ4n) is 1.55. The van der Waals surface area contributed by atoms with Gasteiger partial charge < -0.3 is 5.32 Å². The second-order valence-electron chi connectivity index (χ2n) is 5.60. The molecule has 0 atom stereocenters. The minimum absolute atomic E-state index is 0.532. The summed E-state index contributed by atoms with van der Waals surface area (Å²) in [6.45, 7) is 8.23. The van der Waals surface area contributed by atoms with Crippen LogP contribution in [0.5, 0.6) is 0 Å². The van der Waals surface area contributed by atoms with E-state index in [1.165, 1.54) is 45.1 Å². The van der Waals surface area contributed by atoms with Gasteiger partial charge in [-0.05, 0) is 37.6 Å². The average molecular weight is 183 g/mol. The van der Waals surface area contributed by atoms with E-state index in [-0.39, 0.29) is 0 Å². The highest BCUT2D eigenvalue weighted by molar-refractivity contribution is 4.80. The standard InChI is InChI=1S/C12H25N/c1-12(2,3)9-5-4-6-10-13-11-7-8-11/h11,13H,4-10H2,1-3H3. The Kier molecular flexibility index (Phi) is 4.24. The number of unbranched alkanes of at least 4 members (excludes halogenated alkanes) is 2. The summed E-state index contributed by atoms with van der Waals surface area (Å²) in [6.07, 6.45) is 8.37. The second kappa shape index (κ2) is 4.99. The van der Waals surface area contributed by atoms with Crippen molar-refractivity contribution in [1.82, 2.24) is 5.32 Å². The maximum Gasteiger partial charge on any atom is 0.00682 e. The van der Waals surface area contributed by atoms with Crippen LogP contribution in [0, 0.1) is 5.41 Å². The summed E-state index contributed by atoms with van der Waals surface area (Å²) in [7, 11) is 0. The van der Waals surface area contributed by atoms with Crippen molar-refractivity contribution in [3.63, 3.8) is 0 Å². The SMILES string of the molecule is CC(C)(C)CCCCCNC1CC1. The van der Waals surface area contributed by atoms with Crippen LogP contribution in [-0.2, 0) is 0 Å². The molecule has 1 rings (SSSR count). The molecule has 1 N–H and O–H groups in total. The smallest absolute Gasteiger partial charge is 0.00682 e. The lowest BCUT2D eigenvalue weighted by Gasteiger charge is -2.17. The van der Waals surface area contributed by atoms with Gasteiger partial charge in [0.15, 0.2) is 0 Å². The normalized spacial score (nSPS) is 17.8. The van der Waals surface area contributed by atoms with Crippen LogP contribution in [0.25, 0.3) is 0 Å². The van der Waals surface area contributed by atoms with Gasteiger partial charge in [0.1, 0.15) is 0 Å². The van der Waals surface area contributed by atoms with Crippen LogP contribution in [-0.4, -0.2) is 12.6 Å². The van der Waals surface area contributed by atoms with E-state index in [0.29, 0.717) is 5.41 Å². The van der Waals surface area contributed by atoms with E-state index in [9.17, 15) is 0 Å².